The van der Waals surface area contributed by atoms with E-state index < -0.39 is 0 Å². The van der Waals surface area contributed by atoms with E-state index in [1.807, 2.05) is 19.1 Å². The van der Waals surface area contributed by atoms with Crippen molar-refractivity contribution < 1.29 is 23.4 Å². The van der Waals surface area contributed by atoms with E-state index in [2.05, 4.69) is 10.00 Å². The molecule has 0 bridgehead atoms. The molecule has 1 fully saturated rings. The van der Waals surface area contributed by atoms with E-state index in [0.717, 1.165) is 19.4 Å². The predicted octanol–water partition coefficient (Wildman–Crippen LogP) is 3.12. The second-order valence-corrected chi connectivity index (χ2v) is 6.90. The lowest BCUT2D eigenvalue weighted by Gasteiger charge is -2.30. The summed E-state index contributed by atoms with van der Waals surface area (Å²) in [6, 6.07) is 5.39. The summed E-state index contributed by atoms with van der Waals surface area (Å²) in [5.74, 6) is 1.39. The molecule has 28 heavy (non-hydrogen) atoms. The van der Waals surface area contributed by atoms with Crippen LogP contribution in [0.15, 0.2) is 22.6 Å². The van der Waals surface area contributed by atoms with Crippen LogP contribution in [0.4, 0.5) is 0 Å². The monoisotopic (exact) mass is 407 g/mol. The fourth-order valence-corrected chi connectivity index (χ4v) is 3.48. The van der Waals surface area contributed by atoms with Gasteiger partial charge in [-0.15, -0.1) is 5.10 Å². The van der Waals surface area contributed by atoms with Crippen molar-refractivity contribution in [3.05, 3.63) is 23.0 Å². The second-order valence-electron chi connectivity index (χ2n) is 6.55. The second kappa shape index (κ2) is 9.20. The molecule has 1 aromatic carbocycles. The van der Waals surface area contributed by atoms with Crippen LogP contribution in [0.5, 0.6) is 11.5 Å². The van der Waals surface area contributed by atoms with Crippen LogP contribution in [0.1, 0.15) is 19.8 Å². The maximum Gasteiger partial charge on any atom is 0.310 e. The summed E-state index contributed by atoms with van der Waals surface area (Å²) in [5.41, 5.74) is 0.691. The van der Waals surface area contributed by atoms with Crippen LogP contribution in [-0.4, -0.2) is 54.6 Å². The van der Waals surface area contributed by atoms with Crippen LogP contribution in [0.2, 0.25) is 0 Å². The molecule has 0 radical (unpaired) electrons. The molecule has 8 nitrogen and oxygen atoms in total. The number of methoxy groups -OCH3 is 2. The van der Waals surface area contributed by atoms with Crippen LogP contribution in [0.25, 0.3) is 11.5 Å². The number of benzene rings is 1. The van der Waals surface area contributed by atoms with Crippen LogP contribution in [0.3, 0.4) is 0 Å². The number of esters is 1. The highest BCUT2D eigenvalue weighted by atomic mass is 32.1. The molecule has 9 heteroatoms. The first-order valence-corrected chi connectivity index (χ1v) is 9.65. The Hall–Kier alpha value is -2.39. The summed E-state index contributed by atoms with van der Waals surface area (Å²) < 4.78 is 23.1. The van der Waals surface area contributed by atoms with Gasteiger partial charge in [-0.05, 0) is 50.7 Å². The number of rotatable bonds is 7. The summed E-state index contributed by atoms with van der Waals surface area (Å²) in [5, 5.41) is 4.51. The van der Waals surface area contributed by atoms with Crippen LogP contribution < -0.4 is 9.47 Å². The summed E-state index contributed by atoms with van der Waals surface area (Å²) in [7, 11) is 3.17. The Balaban J connectivity index is 1.76. The number of hydrogen-bond acceptors (Lipinski definition) is 8. The summed E-state index contributed by atoms with van der Waals surface area (Å²) >= 11 is 5.34. The Kier molecular flexibility index (Phi) is 6.69. The minimum Gasteiger partial charge on any atom is -0.497 e. The highest BCUT2D eigenvalue weighted by molar-refractivity contribution is 7.71. The standard InChI is InChI=1S/C19H25N3O5S/c1-4-26-18(23)13-6-5-9-21(11-13)12-22-19(28)27-17(20-22)15-8-7-14(24-2)10-16(15)25-3/h7-8,10,13H,4-6,9,11-12H2,1-3H3/t13-/m0/s1. The van der Waals surface area contributed by atoms with E-state index >= 15 is 0 Å². The van der Waals surface area contributed by atoms with Crippen molar-refractivity contribution in [2.75, 3.05) is 33.9 Å². The SMILES string of the molecule is CCOC(=O)[C@H]1CCCN(Cn2nc(-c3ccc(OC)cc3OC)oc2=S)C1. The number of ether oxygens (including phenoxy) is 3. The van der Waals surface area contributed by atoms with Gasteiger partial charge in [-0.25, -0.2) is 4.68 Å². The minimum absolute atomic E-state index is 0.115. The van der Waals surface area contributed by atoms with Crippen molar-refractivity contribution in [1.82, 2.24) is 14.7 Å². The third-order valence-corrected chi connectivity index (χ3v) is 5.00. The fourth-order valence-electron chi connectivity index (χ4n) is 3.31. The third kappa shape index (κ3) is 4.53. The van der Waals surface area contributed by atoms with Crippen molar-refractivity contribution in [3.8, 4) is 23.0 Å². The zero-order valence-electron chi connectivity index (χ0n) is 16.3. The van der Waals surface area contributed by atoms with Crippen molar-refractivity contribution in [1.29, 1.82) is 0 Å². The van der Waals surface area contributed by atoms with Gasteiger partial charge in [0.05, 0.1) is 39.0 Å². The summed E-state index contributed by atoms with van der Waals surface area (Å²) in [6.07, 6.45) is 1.77. The average molecular weight is 407 g/mol. The van der Waals surface area contributed by atoms with E-state index in [9.17, 15) is 4.79 Å². The zero-order valence-corrected chi connectivity index (χ0v) is 17.2. The van der Waals surface area contributed by atoms with Gasteiger partial charge in [-0.3, -0.25) is 9.69 Å². The molecular formula is C19H25N3O5S. The van der Waals surface area contributed by atoms with E-state index in [1.54, 1.807) is 25.0 Å². The molecule has 1 atom stereocenters. The molecule has 0 spiro atoms. The van der Waals surface area contributed by atoms with Gasteiger partial charge in [0.2, 0.25) is 0 Å². The molecule has 2 heterocycles. The van der Waals surface area contributed by atoms with Gasteiger partial charge in [0, 0.05) is 12.6 Å². The van der Waals surface area contributed by atoms with Crippen LogP contribution in [0, 0.1) is 10.8 Å². The molecule has 0 saturated carbocycles. The maximum absolute atomic E-state index is 12.0. The largest absolute Gasteiger partial charge is 0.497 e. The summed E-state index contributed by atoms with van der Waals surface area (Å²) in [4.78, 5) is 14.4. The van der Waals surface area contributed by atoms with Crippen molar-refractivity contribution >= 4 is 18.2 Å². The third-order valence-electron chi connectivity index (χ3n) is 4.70. The number of aromatic nitrogens is 2. The number of piperidine rings is 1. The topological polar surface area (TPSA) is 79.0 Å². The van der Waals surface area contributed by atoms with Gasteiger partial charge < -0.3 is 18.6 Å². The highest BCUT2D eigenvalue weighted by Crippen LogP contribution is 2.32. The number of hydrogen-bond donors (Lipinski definition) is 0. The Morgan fingerprint density at radius 2 is 2.18 bits per heavy atom. The maximum atomic E-state index is 12.0. The number of carbonyl (C=O) groups is 1. The Morgan fingerprint density at radius 3 is 2.89 bits per heavy atom. The fraction of sp³-hybridized carbons (Fsp3) is 0.526. The zero-order chi connectivity index (χ0) is 20.1. The average Bonchev–Trinajstić information content (AvgIpc) is 3.07. The Labute approximate surface area is 169 Å². The number of nitrogens with zero attached hydrogens (tertiary/aromatic N) is 3. The number of likely N-dealkylation sites (tertiary alicyclic amines) is 1. The lowest BCUT2D eigenvalue weighted by atomic mass is 9.99. The first-order valence-electron chi connectivity index (χ1n) is 9.25. The van der Waals surface area contributed by atoms with E-state index in [1.165, 1.54) is 0 Å². The van der Waals surface area contributed by atoms with E-state index in [4.69, 9.17) is 30.8 Å². The predicted molar refractivity (Wildman–Crippen MR) is 105 cm³/mol. The normalized spacial score (nSPS) is 17.3. The van der Waals surface area contributed by atoms with Gasteiger partial charge >= 0.3 is 5.97 Å². The summed E-state index contributed by atoms with van der Waals surface area (Å²) in [6.45, 7) is 4.16. The molecule has 3 rings (SSSR count). The van der Waals surface area contributed by atoms with Gasteiger partial charge in [0.1, 0.15) is 11.5 Å². The molecule has 1 aromatic heterocycles. The number of carbonyl (C=O) groups excluding carboxylic acids is 1. The minimum atomic E-state index is -0.139. The molecule has 1 aliphatic rings. The van der Waals surface area contributed by atoms with Crippen molar-refractivity contribution in [3.63, 3.8) is 0 Å². The lowest BCUT2D eigenvalue weighted by molar-refractivity contribution is -0.150. The Bertz CT molecular complexity index is 879. The lowest BCUT2D eigenvalue weighted by Crippen LogP contribution is -2.40. The van der Waals surface area contributed by atoms with Gasteiger partial charge in [-0.1, -0.05) is 0 Å². The Morgan fingerprint density at radius 1 is 1.36 bits per heavy atom. The van der Waals surface area contributed by atoms with Crippen LogP contribution >= 0.6 is 12.2 Å². The molecule has 0 amide bonds. The van der Waals surface area contributed by atoms with Crippen LogP contribution in [-0.2, 0) is 16.2 Å². The molecular weight excluding hydrogens is 382 g/mol. The molecule has 0 unspecified atom stereocenters. The van der Waals surface area contributed by atoms with E-state index in [-0.39, 0.29) is 16.7 Å². The highest BCUT2D eigenvalue weighted by Gasteiger charge is 2.27. The molecule has 1 aliphatic heterocycles. The molecule has 0 aliphatic carbocycles. The molecule has 0 N–H and O–H groups in total. The molecule has 2 aromatic rings. The first-order chi connectivity index (χ1) is 13.5. The quantitative estimate of drug-likeness (QED) is 0.512. The van der Waals surface area contributed by atoms with E-state index in [0.29, 0.717) is 42.8 Å². The smallest absolute Gasteiger partial charge is 0.310 e. The molecule has 152 valence electrons. The van der Waals surface area contributed by atoms with Gasteiger partial charge in [-0.2, -0.15) is 0 Å². The van der Waals surface area contributed by atoms with Gasteiger partial charge in [0.15, 0.2) is 0 Å². The van der Waals surface area contributed by atoms with Crippen molar-refractivity contribution in [2.24, 2.45) is 5.92 Å². The first kappa shape index (κ1) is 20.3. The van der Waals surface area contributed by atoms with Gasteiger partial charge in [0.25, 0.3) is 10.7 Å². The molecule has 1 saturated heterocycles. The van der Waals surface area contributed by atoms with Crippen molar-refractivity contribution in [2.45, 2.75) is 26.4 Å².